The van der Waals surface area contributed by atoms with Gasteiger partial charge in [-0.2, -0.15) is 0 Å². The van der Waals surface area contributed by atoms with Crippen LogP contribution in [0.5, 0.6) is 0 Å². The fourth-order valence-corrected chi connectivity index (χ4v) is 3.77. The highest BCUT2D eigenvalue weighted by molar-refractivity contribution is 5.11. The zero-order chi connectivity index (χ0) is 7.36. The van der Waals surface area contributed by atoms with Crippen molar-refractivity contribution in [2.24, 2.45) is 10.8 Å². The zero-order valence-corrected chi connectivity index (χ0v) is 7.36. The molecule has 0 N–H and O–H groups in total. The van der Waals surface area contributed by atoms with E-state index in [0.717, 1.165) is 10.8 Å². The fourth-order valence-electron chi connectivity index (χ4n) is 3.77. The second-order valence-electron chi connectivity index (χ2n) is 5.12. The molecule has 11 heavy (non-hydrogen) atoms. The molecule has 3 fully saturated rings. The smallest absolute Gasteiger partial charge is 0.0241 e. The molecule has 0 saturated heterocycles. The van der Waals surface area contributed by atoms with Crippen LogP contribution in [0, 0.1) is 10.8 Å². The van der Waals surface area contributed by atoms with E-state index < -0.39 is 0 Å². The quantitative estimate of drug-likeness (QED) is 0.495. The van der Waals surface area contributed by atoms with Crippen molar-refractivity contribution in [3.8, 4) is 0 Å². The Balaban J connectivity index is 1.88. The van der Waals surface area contributed by atoms with Crippen LogP contribution in [0.15, 0.2) is 0 Å². The summed E-state index contributed by atoms with van der Waals surface area (Å²) < 4.78 is 0. The predicted molar refractivity (Wildman–Crippen MR) is 46.4 cm³/mol. The lowest BCUT2D eigenvalue weighted by atomic mass is 9.53. The van der Waals surface area contributed by atoms with Gasteiger partial charge in [-0.25, -0.2) is 0 Å². The van der Waals surface area contributed by atoms with E-state index in [1.54, 1.807) is 57.8 Å². The molecule has 0 radical (unpaired) electrons. The summed E-state index contributed by atoms with van der Waals surface area (Å²) in [6.45, 7) is 0. The topological polar surface area (TPSA) is 0 Å². The highest BCUT2D eigenvalue weighted by Gasteiger charge is 2.61. The van der Waals surface area contributed by atoms with Crippen molar-refractivity contribution in [3.63, 3.8) is 0 Å². The summed E-state index contributed by atoms with van der Waals surface area (Å²) in [6.07, 6.45) is 14.2. The van der Waals surface area contributed by atoms with Crippen molar-refractivity contribution in [1.29, 1.82) is 0 Å². The second-order valence-corrected chi connectivity index (χ2v) is 5.12. The number of fused-ring (bicyclic) bond motifs is 1. The molecule has 0 unspecified atom stereocenters. The molecule has 0 aromatic rings. The van der Waals surface area contributed by atoms with Crippen molar-refractivity contribution < 1.29 is 0 Å². The van der Waals surface area contributed by atoms with Crippen molar-refractivity contribution >= 4 is 0 Å². The fraction of sp³-hybridized carbons (Fsp3) is 1.00. The first-order valence-electron chi connectivity index (χ1n) is 5.37. The van der Waals surface area contributed by atoms with E-state index in [9.17, 15) is 0 Å². The largest absolute Gasteiger partial charge is 0.0527 e. The standard InChI is InChI=1S/C11H18/c1-2-5-11(8-9-11)10(4-1)6-3-7-10/h1-9H2. The van der Waals surface area contributed by atoms with Crippen LogP contribution >= 0.6 is 0 Å². The second kappa shape index (κ2) is 1.84. The van der Waals surface area contributed by atoms with Gasteiger partial charge >= 0.3 is 0 Å². The highest BCUT2D eigenvalue weighted by Crippen LogP contribution is 2.72. The monoisotopic (exact) mass is 150 g/mol. The molecule has 0 aromatic heterocycles. The van der Waals surface area contributed by atoms with E-state index >= 15 is 0 Å². The Bertz CT molecular complexity index is 172. The van der Waals surface area contributed by atoms with Crippen LogP contribution in [0.2, 0.25) is 0 Å². The van der Waals surface area contributed by atoms with Gasteiger partial charge in [0.25, 0.3) is 0 Å². The first kappa shape index (κ1) is 6.51. The van der Waals surface area contributed by atoms with Crippen LogP contribution in [-0.2, 0) is 0 Å². The van der Waals surface area contributed by atoms with Gasteiger partial charge in [0.15, 0.2) is 0 Å². The molecule has 0 amide bonds. The Kier molecular flexibility index (Phi) is 1.09. The normalized spacial score (nSPS) is 37.1. The molecule has 2 spiro atoms. The average Bonchev–Trinajstić information content (AvgIpc) is 2.68. The lowest BCUT2D eigenvalue weighted by molar-refractivity contribution is -0.0112. The lowest BCUT2D eigenvalue weighted by Crippen LogP contribution is -2.41. The molecule has 0 heterocycles. The Hall–Kier alpha value is 0. The van der Waals surface area contributed by atoms with Crippen LogP contribution in [-0.4, -0.2) is 0 Å². The molecule has 0 bridgehead atoms. The molecule has 0 heteroatoms. The van der Waals surface area contributed by atoms with Crippen LogP contribution in [0.1, 0.15) is 57.8 Å². The minimum atomic E-state index is 0.908. The Morgan fingerprint density at radius 3 is 1.18 bits per heavy atom. The molecule has 3 rings (SSSR count). The molecule has 0 aliphatic heterocycles. The van der Waals surface area contributed by atoms with E-state index in [0.29, 0.717) is 0 Å². The summed E-state index contributed by atoms with van der Waals surface area (Å²) in [5.74, 6) is 0. The minimum absolute atomic E-state index is 0.908. The number of hydrogen-bond donors (Lipinski definition) is 0. The van der Waals surface area contributed by atoms with Crippen molar-refractivity contribution in [1.82, 2.24) is 0 Å². The van der Waals surface area contributed by atoms with E-state index in [1.807, 2.05) is 0 Å². The molecule has 0 nitrogen and oxygen atoms in total. The summed E-state index contributed by atoms with van der Waals surface area (Å²) in [5, 5.41) is 0. The van der Waals surface area contributed by atoms with Gasteiger partial charge in [-0.3, -0.25) is 0 Å². The Morgan fingerprint density at radius 2 is 0.909 bits per heavy atom. The first-order chi connectivity index (χ1) is 5.37. The van der Waals surface area contributed by atoms with Crippen LogP contribution < -0.4 is 0 Å². The van der Waals surface area contributed by atoms with Gasteiger partial charge in [-0.05, 0) is 49.4 Å². The zero-order valence-electron chi connectivity index (χ0n) is 7.36. The third-order valence-electron chi connectivity index (χ3n) is 4.85. The van der Waals surface area contributed by atoms with Crippen LogP contribution in [0.25, 0.3) is 0 Å². The molecule has 3 aliphatic rings. The van der Waals surface area contributed by atoms with Crippen molar-refractivity contribution in [2.75, 3.05) is 0 Å². The number of hydrogen-bond acceptors (Lipinski definition) is 0. The Labute approximate surface area is 69.4 Å². The van der Waals surface area contributed by atoms with Gasteiger partial charge in [0.1, 0.15) is 0 Å². The number of rotatable bonds is 0. The summed E-state index contributed by atoms with van der Waals surface area (Å²) in [7, 11) is 0. The van der Waals surface area contributed by atoms with Crippen LogP contribution in [0.4, 0.5) is 0 Å². The molecule has 3 aliphatic carbocycles. The van der Waals surface area contributed by atoms with Gasteiger partial charge < -0.3 is 0 Å². The van der Waals surface area contributed by atoms with E-state index in [1.165, 1.54) is 0 Å². The van der Waals surface area contributed by atoms with Gasteiger partial charge in [-0.1, -0.05) is 19.3 Å². The highest BCUT2D eigenvalue weighted by atomic mass is 14.7. The van der Waals surface area contributed by atoms with Gasteiger partial charge in [-0.15, -0.1) is 0 Å². The van der Waals surface area contributed by atoms with Crippen LogP contribution in [0.3, 0.4) is 0 Å². The molecule has 62 valence electrons. The lowest BCUT2D eigenvalue weighted by Gasteiger charge is -2.52. The van der Waals surface area contributed by atoms with Crippen molar-refractivity contribution in [3.05, 3.63) is 0 Å². The SMILES string of the molecule is C1CCC2(CC2)C2(C1)CCC2. The average molecular weight is 150 g/mol. The van der Waals surface area contributed by atoms with Gasteiger partial charge in [0, 0.05) is 0 Å². The summed E-state index contributed by atoms with van der Waals surface area (Å²) >= 11 is 0. The summed E-state index contributed by atoms with van der Waals surface area (Å²) in [4.78, 5) is 0. The van der Waals surface area contributed by atoms with E-state index in [4.69, 9.17) is 0 Å². The maximum absolute atomic E-state index is 1.59. The van der Waals surface area contributed by atoms with Gasteiger partial charge in [0.05, 0.1) is 0 Å². The van der Waals surface area contributed by atoms with Gasteiger partial charge in [0.2, 0.25) is 0 Å². The molecular weight excluding hydrogens is 132 g/mol. The third kappa shape index (κ3) is 0.666. The van der Waals surface area contributed by atoms with Crippen molar-refractivity contribution in [2.45, 2.75) is 57.8 Å². The predicted octanol–water partition coefficient (Wildman–Crippen LogP) is 3.51. The molecule has 3 saturated carbocycles. The van der Waals surface area contributed by atoms with E-state index in [-0.39, 0.29) is 0 Å². The maximum Gasteiger partial charge on any atom is -0.0241 e. The summed E-state index contributed by atoms with van der Waals surface area (Å²) in [5.41, 5.74) is 1.83. The first-order valence-corrected chi connectivity index (χ1v) is 5.37. The molecule has 0 atom stereocenters. The maximum atomic E-state index is 1.59. The molecular formula is C11H18. The third-order valence-corrected chi connectivity index (χ3v) is 4.85. The minimum Gasteiger partial charge on any atom is -0.0527 e. The van der Waals surface area contributed by atoms with E-state index in [2.05, 4.69) is 0 Å². The Morgan fingerprint density at radius 1 is 0.455 bits per heavy atom. The molecule has 0 aromatic carbocycles. The summed E-state index contributed by atoms with van der Waals surface area (Å²) in [6, 6.07) is 0.